The number of carboxylic acids is 1. The van der Waals surface area contributed by atoms with Crippen molar-refractivity contribution in [1.29, 1.82) is 0 Å². The van der Waals surface area contributed by atoms with Gasteiger partial charge in [0.15, 0.2) is 5.92 Å². The van der Waals surface area contributed by atoms with Gasteiger partial charge in [0.25, 0.3) is 0 Å². The lowest BCUT2D eigenvalue weighted by Crippen LogP contribution is -2.74. The smallest absolute Gasteiger partial charge is 0.320 e. The number of fused-ring (bicyclic) bond motifs is 1. The average molecular weight is 654 g/mol. The van der Waals surface area contributed by atoms with E-state index in [9.17, 15) is 29.1 Å². The number of alkyl halides is 3. The normalized spacial score (nSPS) is 24.4. The summed E-state index contributed by atoms with van der Waals surface area (Å²) in [6, 6.07) is 8.42. The number of esters is 2. The monoisotopic (exact) mass is 652 g/mol. The van der Waals surface area contributed by atoms with Crippen molar-refractivity contribution in [2.24, 2.45) is 11.3 Å². The van der Waals surface area contributed by atoms with Crippen molar-refractivity contribution in [2.45, 2.75) is 53.1 Å². The lowest BCUT2D eigenvalue weighted by molar-refractivity contribution is -0.165. The number of hydrogen-bond donors (Lipinski definition) is 2. The Morgan fingerprint density at radius 2 is 1.85 bits per heavy atom. The van der Waals surface area contributed by atoms with Crippen LogP contribution in [0.5, 0.6) is 5.75 Å². The Hall–Kier alpha value is -2.41. The molecule has 226 valence electrons. The van der Waals surface area contributed by atoms with Crippen molar-refractivity contribution in [3.63, 3.8) is 0 Å². The van der Waals surface area contributed by atoms with Crippen LogP contribution >= 0.6 is 46.6 Å². The molecule has 0 radical (unpaired) electrons. The summed E-state index contributed by atoms with van der Waals surface area (Å²) in [7, 11) is 1.08. The number of nitrogens with zero attached hydrogens (tertiary/aromatic N) is 1. The van der Waals surface area contributed by atoms with Gasteiger partial charge in [0.05, 0.1) is 19.1 Å². The van der Waals surface area contributed by atoms with E-state index in [2.05, 4.69) is 5.32 Å². The molecule has 11 nitrogen and oxygen atoms in total. The number of carboxylic acid groups (broad SMARTS) is 1. The van der Waals surface area contributed by atoms with Crippen LogP contribution in [0.3, 0.4) is 0 Å². The van der Waals surface area contributed by atoms with Crippen LogP contribution in [0.15, 0.2) is 30.3 Å². The number of rotatable bonds is 13. The maximum Gasteiger partial charge on any atom is 0.320 e. The minimum Gasteiger partial charge on any atom is -0.494 e. The first-order valence-corrected chi connectivity index (χ1v) is 14.8. The molecule has 0 bridgehead atoms. The third-order valence-electron chi connectivity index (χ3n) is 6.87. The number of amides is 2. The maximum atomic E-state index is 12.8. The molecule has 0 spiro atoms. The molecule has 15 heteroatoms. The lowest BCUT2D eigenvalue weighted by Gasteiger charge is -2.56. The second-order valence-corrected chi connectivity index (χ2v) is 13.7. The number of halogens is 3. The summed E-state index contributed by atoms with van der Waals surface area (Å²) in [4.78, 5) is 64.3. The maximum absolute atomic E-state index is 12.8. The van der Waals surface area contributed by atoms with Gasteiger partial charge in [-0.15, -0.1) is 11.8 Å². The van der Waals surface area contributed by atoms with E-state index in [1.54, 1.807) is 0 Å². The summed E-state index contributed by atoms with van der Waals surface area (Å²) in [5, 5.41) is 11.4. The Morgan fingerprint density at radius 3 is 2.46 bits per heavy atom. The summed E-state index contributed by atoms with van der Waals surface area (Å²) in [5.74, 6) is -4.69. The van der Waals surface area contributed by atoms with Gasteiger partial charge in [0, 0.05) is 18.2 Å². The van der Waals surface area contributed by atoms with Gasteiger partial charge in [-0.3, -0.25) is 24.0 Å². The van der Waals surface area contributed by atoms with Crippen molar-refractivity contribution in [3.8, 4) is 5.75 Å². The number of hydrogen-bond acceptors (Lipinski definition) is 9. The summed E-state index contributed by atoms with van der Waals surface area (Å²) >= 11 is 18.0. The minimum atomic E-state index is -1.92. The van der Waals surface area contributed by atoms with E-state index in [0.717, 1.165) is 24.6 Å². The molecule has 0 aliphatic carbocycles. The van der Waals surface area contributed by atoms with Crippen LogP contribution < -0.4 is 10.1 Å². The van der Waals surface area contributed by atoms with E-state index in [1.165, 1.54) is 11.8 Å². The summed E-state index contributed by atoms with van der Waals surface area (Å²) in [6.45, 7) is 1.06. The van der Waals surface area contributed by atoms with Gasteiger partial charge in [-0.2, -0.15) is 0 Å². The van der Waals surface area contributed by atoms with Crippen molar-refractivity contribution >= 4 is 76.3 Å². The molecule has 2 saturated heterocycles. The van der Waals surface area contributed by atoms with E-state index in [1.807, 2.05) is 30.3 Å². The molecule has 4 unspecified atom stereocenters. The zero-order valence-corrected chi connectivity index (χ0v) is 25.4. The largest absolute Gasteiger partial charge is 0.494 e. The third kappa shape index (κ3) is 8.56. The highest BCUT2D eigenvalue weighted by atomic mass is 35.6. The zero-order chi connectivity index (χ0) is 30.4. The summed E-state index contributed by atoms with van der Waals surface area (Å²) < 4.78 is 13.4. The van der Waals surface area contributed by atoms with Gasteiger partial charge in [0.2, 0.25) is 15.6 Å². The van der Waals surface area contributed by atoms with Crippen LogP contribution in [0.25, 0.3) is 0 Å². The van der Waals surface area contributed by atoms with Gasteiger partial charge >= 0.3 is 17.9 Å². The van der Waals surface area contributed by atoms with Gasteiger partial charge < -0.3 is 29.5 Å². The molecule has 41 heavy (non-hydrogen) atoms. The number of thioether (sulfide) groups is 1. The quantitative estimate of drug-likeness (QED) is 0.107. The fourth-order valence-electron chi connectivity index (χ4n) is 4.51. The molecule has 3 rings (SSSR count). The highest BCUT2D eigenvalue weighted by molar-refractivity contribution is 8.00. The Morgan fingerprint density at radius 1 is 1.17 bits per heavy atom. The summed E-state index contributed by atoms with van der Waals surface area (Å²) in [5.41, 5.74) is -1.52. The molecule has 1 aromatic rings. The number of nitrogens with one attached hydrogen (secondary N) is 1. The van der Waals surface area contributed by atoms with Crippen LogP contribution in [0.2, 0.25) is 0 Å². The number of ether oxygens (including phenoxy) is 3. The molecule has 2 amide bonds. The molecule has 2 fully saturated rings. The topological polar surface area (TPSA) is 149 Å². The Bertz CT molecular complexity index is 1140. The number of carbonyl (C=O) groups is 5. The highest BCUT2D eigenvalue weighted by Crippen LogP contribution is 2.49. The van der Waals surface area contributed by atoms with E-state index in [4.69, 9.17) is 49.0 Å². The van der Waals surface area contributed by atoms with Crippen molar-refractivity contribution in [3.05, 3.63) is 30.3 Å². The number of benzene rings is 1. The number of aliphatic carboxylic acids is 1. The van der Waals surface area contributed by atoms with E-state index in [0.29, 0.717) is 19.4 Å². The number of unbranched alkanes of at least 4 members (excludes halogenated alkanes) is 1. The van der Waals surface area contributed by atoms with Crippen molar-refractivity contribution < 1.29 is 43.3 Å². The molecule has 2 aliphatic rings. The molecular formula is C26H31Cl3N2O9S. The van der Waals surface area contributed by atoms with Crippen LogP contribution in [-0.4, -0.2) is 87.1 Å². The van der Waals surface area contributed by atoms with Crippen molar-refractivity contribution in [1.82, 2.24) is 10.2 Å². The predicted molar refractivity (Wildman–Crippen MR) is 152 cm³/mol. The van der Waals surface area contributed by atoms with Crippen LogP contribution in [-0.2, 0) is 33.4 Å². The Labute approximate surface area is 256 Å². The van der Waals surface area contributed by atoms with Crippen molar-refractivity contribution in [2.75, 3.05) is 26.9 Å². The molecule has 2 heterocycles. The Balaban J connectivity index is 1.61. The van der Waals surface area contributed by atoms with E-state index < -0.39 is 62.2 Å². The van der Waals surface area contributed by atoms with E-state index in [-0.39, 0.29) is 25.3 Å². The first-order chi connectivity index (χ1) is 19.3. The first kappa shape index (κ1) is 33.1. The Kier molecular flexibility index (Phi) is 11.4. The lowest BCUT2D eigenvalue weighted by atomic mass is 9.80. The number of β-lactam (4-membered cyclic amide) rings is 1. The SMILES string of the molecule is COC(=O)C(CC1S[C@@H]2C(NC(=O)CCCCOc3ccccc3)C(=O)N2CC1(C)C(=O)O)C(=O)OCC(Cl)(Cl)Cl. The second kappa shape index (κ2) is 14.2. The number of para-hydroxylation sites is 1. The standard InChI is InChI=1S/C26H31Cl3N2O9S/c1-25(24(36)37)13-31-20(33)19(30-18(32)10-6-7-11-39-15-8-4-3-5-9-15)21(31)41-17(25)12-16(22(34)38-2)23(35)40-14-26(27,28)29/h3-5,8-9,16-17,19,21H,6-7,10-14H2,1-2H3,(H,30,32)(H,36,37)/t16?,17?,19?,21-,25?/m1/s1. The molecule has 2 aliphatic heterocycles. The van der Waals surface area contributed by atoms with Gasteiger partial charge in [0.1, 0.15) is 23.8 Å². The molecule has 0 aromatic heterocycles. The van der Waals surface area contributed by atoms with Crippen LogP contribution in [0, 0.1) is 11.3 Å². The summed E-state index contributed by atoms with van der Waals surface area (Å²) in [6.07, 6.45) is 1.07. The molecule has 0 saturated carbocycles. The molecular weight excluding hydrogens is 623 g/mol. The third-order valence-corrected chi connectivity index (χ3v) is 9.04. The van der Waals surface area contributed by atoms with Crippen LogP contribution in [0.4, 0.5) is 0 Å². The molecule has 5 atom stereocenters. The molecule has 2 N–H and O–H groups in total. The fourth-order valence-corrected chi connectivity index (χ4v) is 6.46. The number of methoxy groups -OCH3 is 1. The number of carbonyl (C=O) groups excluding carboxylic acids is 4. The van der Waals surface area contributed by atoms with Crippen LogP contribution in [0.1, 0.15) is 32.6 Å². The van der Waals surface area contributed by atoms with Gasteiger partial charge in [-0.25, -0.2) is 0 Å². The van der Waals surface area contributed by atoms with Gasteiger partial charge in [-0.1, -0.05) is 53.0 Å². The minimum absolute atomic E-state index is 0.176. The molecule has 1 aromatic carbocycles. The fraction of sp³-hybridized carbons (Fsp3) is 0.577. The predicted octanol–water partition coefficient (Wildman–Crippen LogP) is 3.19. The van der Waals surface area contributed by atoms with Gasteiger partial charge in [-0.05, 0) is 38.3 Å². The zero-order valence-electron chi connectivity index (χ0n) is 22.3. The first-order valence-electron chi connectivity index (χ1n) is 12.7. The average Bonchev–Trinajstić information content (AvgIpc) is 2.93. The highest BCUT2D eigenvalue weighted by Gasteiger charge is 2.60. The second-order valence-electron chi connectivity index (χ2n) is 9.90. The van der Waals surface area contributed by atoms with E-state index >= 15 is 0 Å².